The minimum absolute atomic E-state index is 0.501. The van der Waals surface area contributed by atoms with Crippen LogP contribution in [0.3, 0.4) is 0 Å². The van der Waals surface area contributed by atoms with Gasteiger partial charge in [-0.1, -0.05) is 48.9 Å². The van der Waals surface area contributed by atoms with Crippen LogP contribution < -0.4 is 5.32 Å². The Morgan fingerprint density at radius 1 is 1.20 bits per heavy atom. The number of rotatable bonds is 5. The molecule has 0 saturated heterocycles. The van der Waals surface area contributed by atoms with Gasteiger partial charge in [0.15, 0.2) is 0 Å². The van der Waals surface area contributed by atoms with Gasteiger partial charge in [-0.3, -0.25) is 0 Å². The highest BCUT2D eigenvalue weighted by Gasteiger charge is 2.05. The van der Waals surface area contributed by atoms with Gasteiger partial charge in [0.05, 0.1) is 22.3 Å². The molecule has 0 aliphatic rings. The Kier molecular flexibility index (Phi) is 5.03. The van der Waals surface area contributed by atoms with Crippen LogP contribution in [0.15, 0.2) is 48.5 Å². The van der Waals surface area contributed by atoms with Gasteiger partial charge in [0, 0.05) is 6.54 Å². The first-order valence-corrected chi connectivity index (χ1v) is 7.07. The molecule has 0 radical (unpaired) electrons. The molecule has 1 N–H and O–H groups in total. The average molecular weight is 285 g/mol. The van der Waals surface area contributed by atoms with Crippen molar-refractivity contribution in [2.45, 2.75) is 19.3 Å². The lowest BCUT2D eigenvalue weighted by Crippen LogP contribution is -2.06. The van der Waals surface area contributed by atoms with Crippen molar-refractivity contribution in [3.8, 4) is 6.07 Å². The molecule has 3 heteroatoms. The molecule has 2 aromatic rings. The number of benzene rings is 2. The molecule has 1 unspecified atom stereocenters. The van der Waals surface area contributed by atoms with Crippen LogP contribution in [0.5, 0.6) is 0 Å². The van der Waals surface area contributed by atoms with Gasteiger partial charge in [-0.2, -0.15) is 5.26 Å². The molecule has 0 saturated carbocycles. The van der Waals surface area contributed by atoms with Gasteiger partial charge in [-0.05, 0) is 36.1 Å². The van der Waals surface area contributed by atoms with E-state index in [0.717, 1.165) is 18.7 Å². The first-order valence-electron chi connectivity index (χ1n) is 6.69. The zero-order valence-electron chi connectivity index (χ0n) is 11.4. The van der Waals surface area contributed by atoms with Crippen LogP contribution in [-0.2, 0) is 0 Å². The zero-order valence-corrected chi connectivity index (χ0v) is 12.2. The molecule has 0 amide bonds. The minimum Gasteiger partial charge on any atom is -0.384 e. The van der Waals surface area contributed by atoms with E-state index in [-0.39, 0.29) is 0 Å². The highest BCUT2D eigenvalue weighted by molar-refractivity contribution is 6.33. The Morgan fingerprint density at radius 2 is 1.95 bits per heavy atom. The molecule has 0 bridgehead atoms. The number of nitrogens with zero attached hydrogens (tertiary/aromatic N) is 1. The fourth-order valence-corrected chi connectivity index (χ4v) is 2.35. The lowest BCUT2D eigenvalue weighted by Gasteiger charge is -2.13. The summed E-state index contributed by atoms with van der Waals surface area (Å²) >= 11 is 6.13. The molecule has 0 aliphatic carbocycles. The number of anilines is 1. The summed E-state index contributed by atoms with van der Waals surface area (Å²) in [4.78, 5) is 0. The van der Waals surface area contributed by atoms with E-state index in [4.69, 9.17) is 16.9 Å². The van der Waals surface area contributed by atoms with Crippen molar-refractivity contribution >= 4 is 17.3 Å². The molecular formula is C17H17ClN2. The molecule has 20 heavy (non-hydrogen) atoms. The third kappa shape index (κ3) is 3.76. The van der Waals surface area contributed by atoms with Gasteiger partial charge in [0.2, 0.25) is 0 Å². The standard InChI is InChI=1S/C17H17ClN2/c1-13(15-5-3-2-4-6-15)9-10-20-17-8-7-14(12-19)11-16(17)18/h2-8,11,13,20H,9-10H2,1H3. The number of hydrogen-bond donors (Lipinski definition) is 1. The monoisotopic (exact) mass is 284 g/mol. The van der Waals surface area contributed by atoms with Crippen molar-refractivity contribution in [1.29, 1.82) is 5.26 Å². The van der Waals surface area contributed by atoms with Crippen molar-refractivity contribution in [3.05, 3.63) is 64.7 Å². The molecule has 0 fully saturated rings. The molecule has 0 spiro atoms. The van der Waals surface area contributed by atoms with Crippen LogP contribution >= 0.6 is 11.6 Å². The Balaban J connectivity index is 1.89. The van der Waals surface area contributed by atoms with Gasteiger partial charge < -0.3 is 5.32 Å². The van der Waals surface area contributed by atoms with Gasteiger partial charge in [0.25, 0.3) is 0 Å². The lowest BCUT2D eigenvalue weighted by molar-refractivity contribution is 0.706. The predicted molar refractivity (Wildman–Crippen MR) is 84.1 cm³/mol. The summed E-state index contributed by atoms with van der Waals surface area (Å²) in [7, 11) is 0. The van der Waals surface area contributed by atoms with Crippen LogP contribution in [0, 0.1) is 11.3 Å². The number of hydrogen-bond acceptors (Lipinski definition) is 2. The molecule has 0 aliphatic heterocycles. The van der Waals surface area contributed by atoms with Gasteiger partial charge in [0.1, 0.15) is 0 Å². The van der Waals surface area contributed by atoms with Crippen molar-refractivity contribution in [3.63, 3.8) is 0 Å². The van der Waals surface area contributed by atoms with Crippen LogP contribution in [0.1, 0.15) is 30.4 Å². The van der Waals surface area contributed by atoms with E-state index in [2.05, 4.69) is 42.6 Å². The second kappa shape index (κ2) is 6.98. The Bertz CT molecular complexity index is 602. The second-order valence-electron chi connectivity index (χ2n) is 4.83. The maximum atomic E-state index is 8.80. The van der Waals surface area contributed by atoms with Crippen LogP contribution in [0.4, 0.5) is 5.69 Å². The fourth-order valence-electron chi connectivity index (χ4n) is 2.10. The van der Waals surface area contributed by atoms with Gasteiger partial charge >= 0.3 is 0 Å². The molecule has 2 rings (SSSR count). The average Bonchev–Trinajstić information content (AvgIpc) is 2.49. The summed E-state index contributed by atoms with van der Waals surface area (Å²) in [5.41, 5.74) is 2.81. The summed E-state index contributed by atoms with van der Waals surface area (Å²) in [6, 6.07) is 17.9. The number of halogens is 1. The topological polar surface area (TPSA) is 35.8 Å². The first-order chi connectivity index (χ1) is 9.70. The van der Waals surface area contributed by atoms with E-state index < -0.39 is 0 Å². The van der Waals surface area contributed by atoms with Crippen molar-refractivity contribution in [2.24, 2.45) is 0 Å². The van der Waals surface area contributed by atoms with E-state index in [1.807, 2.05) is 12.1 Å². The fraction of sp³-hybridized carbons (Fsp3) is 0.235. The van der Waals surface area contributed by atoms with E-state index in [9.17, 15) is 0 Å². The van der Waals surface area contributed by atoms with Crippen LogP contribution in [0.2, 0.25) is 5.02 Å². The van der Waals surface area contributed by atoms with Gasteiger partial charge in [-0.25, -0.2) is 0 Å². The molecule has 2 aromatic carbocycles. The molecule has 102 valence electrons. The van der Waals surface area contributed by atoms with Gasteiger partial charge in [-0.15, -0.1) is 0 Å². The van der Waals surface area contributed by atoms with E-state index in [1.54, 1.807) is 12.1 Å². The van der Waals surface area contributed by atoms with Crippen LogP contribution in [-0.4, -0.2) is 6.54 Å². The Labute approximate surface area is 125 Å². The molecule has 0 heterocycles. The van der Waals surface area contributed by atoms with E-state index in [0.29, 0.717) is 16.5 Å². The third-order valence-electron chi connectivity index (χ3n) is 3.36. The molecule has 0 aromatic heterocycles. The summed E-state index contributed by atoms with van der Waals surface area (Å²) in [5, 5.41) is 12.7. The first kappa shape index (κ1) is 14.4. The quantitative estimate of drug-likeness (QED) is 0.854. The Morgan fingerprint density at radius 3 is 2.60 bits per heavy atom. The largest absolute Gasteiger partial charge is 0.384 e. The van der Waals surface area contributed by atoms with E-state index >= 15 is 0 Å². The highest BCUT2D eigenvalue weighted by Crippen LogP contribution is 2.24. The summed E-state index contributed by atoms with van der Waals surface area (Å²) < 4.78 is 0. The summed E-state index contributed by atoms with van der Waals surface area (Å²) in [5.74, 6) is 0.501. The molecule has 2 nitrogen and oxygen atoms in total. The minimum atomic E-state index is 0.501. The number of nitriles is 1. The zero-order chi connectivity index (χ0) is 14.4. The molecular weight excluding hydrogens is 268 g/mol. The van der Waals surface area contributed by atoms with E-state index in [1.165, 1.54) is 5.56 Å². The van der Waals surface area contributed by atoms with Crippen molar-refractivity contribution in [2.75, 3.05) is 11.9 Å². The lowest BCUT2D eigenvalue weighted by atomic mass is 9.98. The maximum Gasteiger partial charge on any atom is 0.0992 e. The maximum absolute atomic E-state index is 8.80. The second-order valence-corrected chi connectivity index (χ2v) is 5.24. The summed E-state index contributed by atoms with van der Waals surface area (Å²) in [6.45, 7) is 3.07. The third-order valence-corrected chi connectivity index (χ3v) is 3.67. The normalized spacial score (nSPS) is 11.7. The SMILES string of the molecule is CC(CCNc1ccc(C#N)cc1Cl)c1ccccc1. The van der Waals surface area contributed by atoms with Crippen molar-refractivity contribution in [1.82, 2.24) is 0 Å². The van der Waals surface area contributed by atoms with Crippen LogP contribution in [0.25, 0.3) is 0 Å². The Hall–Kier alpha value is -1.98. The summed E-state index contributed by atoms with van der Waals surface area (Å²) in [6.07, 6.45) is 1.03. The smallest absolute Gasteiger partial charge is 0.0992 e. The predicted octanol–water partition coefficient (Wildman–Crippen LogP) is 4.82. The van der Waals surface area contributed by atoms with Crippen molar-refractivity contribution < 1.29 is 0 Å². The molecule has 1 atom stereocenters. The highest BCUT2D eigenvalue weighted by atomic mass is 35.5. The number of nitrogens with one attached hydrogen (secondary N) is 1.